The van der Waals surface area contributed by atoms with Crippen molar-refractivity contribution in [1.29, 1.82) is 0 Å². The highest BCUT2D eigenvalue weighted by Gasteiger charge is 2.37. The van der Waals surface area contributed by atoms with Crippen LogP contribution in [-0.4, -0.2) is 21.8 Å². The number of H-pyrrole nitrogens is 1. The molecule has 2 heterocycles. The normalized spacial score (nSPS) is 16.9. The van der Waals surface area contributed by atoms with Gasteiger partial charge in [-0.2, -0.15) is 0 Å². The first-order valence-corrected chi connectivity index (χ1v) is 10.6. The number of aromatic amines is 1. The lowest BCUT2D eigenvalue weighted by Gasteiger charge is -2.29. The van der Waals surface area contributed by atoms with E-state index in [1.807, 2.05) is 13.8 Å². The first-order valence-electron chi connectivity index (χ1n) is 10.3. The highest BCUT2D eigenvalue weighted by Crippen LogP contribution is 2.41. The fourth-order valence-electron chi connectivity index (χ4n) is 3.52. The molecule has 2 aromatic heterocycles. The van der Waals surface area contributed by atoms with Crippen LogP contribution in [0.25, 0.3) is 10.9 Å². The molecule has 1 fully saturated rings. The third-order valence-electron chi connectivity index (χ3n) is 4.86. The number of alkyl halides is 2. The van der Waals surface area contributed by atoms with Gasteiger partial charge in [-0.05, 0) is 37.1 Å². The van der Waals surface area contributed by atoms with E-state index < -0.39 is 23.2 Å². The van der Waals surface area contributed by atoms with Crippen molar-refractivity contribution in [2.45, 2.75) is 51.4 Å². The largest absolute Gasteiger partial charge is 0.364 e. The van der Waals surface area contributed by atoms with Crippen LogP contribution < -0.4 is 11.2 Å². The molecule has 0 spiro atoms. The molecule has 1 aliphatic rings. The number of nitrogens with one attached hydrogen (secondary N) is 1. The monoisotopic (exact) mass is 467 g/mol. The van der Waals surface area contributed by atoms with E-state index in [4.69, 9.17) is 17.3 Å². The van der Waals surface area contributed by atoms with Crippen molar-refractivity contribution < 1.29 is 18.0 Å². The molecule has 5 nitrogen and oxygen atoms in total. The summed E-state index contributed by atoms with van der Waals surface area (Å²) in [4.78, 5) is 30.4. The molecule has 0 radical (unpaired) electrons. The van der Waals surface area contributed by atoms with E-state index in [0.717, 1.165) is 0 Å². The van der Waals surface area contributed by atoms with Gasteiger partial charge in [0.15, 0.2) is 5.43 Å². The van der Waals surface area contributed by atoms with Crippen LogP contribution >= 0.6 is 11.6 Å². The topological polar surface area (TPSA) is 88.8 Å². The van der Waals surface area contributed by atoms with Gasteiger partial charge >= 0.3 is 0 Å². The standard InChI is InChI=1S/C15H15F2N3O2.C6H4ClF.C2H6/c16-15(17)4-1-2-8(7-15)10-6-11(21)12-9(20-10)3-5-19-13(12)14(18)22;7-5-2-1-3-6(8)4-5;1-2/h3,5-6,8H,1-2,4,7H2,(H2,18,22)(H,20,21);1-4H;1-2H3/t8-;;/m0../s1. The number of nitrogens with two attached hydrogens (primary N) is 1. The summed E-state index contributed by atoms with van der Waals surface area (Å²) >= 11 is 5.40. The van der Waals surface area contributed by atoms with Crippen LogP contribution in [0, 0.1) is 5.82 Å². The lowest BCUT2D eigenvalue weighted by molar-refractivity contribution is -0.0412. The number of primary amides is 1. The van der Waals surface area contributed by atoms with E-state index in [1.165, 1.54) is 30.5 Å². The van der Waals surface area contributed by atoms with Crippen LogP contribution in [0.15, 0.2) is 47.4 Å². The predicted octanol–water partition coefficient (Wildman–Crippen LogP) is 5.82. The van der Waals surface area contributed by atoms with Gasteiger partial charge in [-0.15, -0.1) is 0 Å². The maximum atomic E-state index is 13.6. The number of aromatic nitrogens is 2. The van der Waals surface area contributed by atoms with Crippen molar-refractivity contribution in [3.8, 4) is 0 Å². The van der Waals surface area contributed by atoms with Gasteiger partial charge in [-0.1, -0.05) is 31.5 Å². The van der Waals surface area contributed by atoms with Gasteiger partial charge in [0, 0.05) is 41.7 Å². The zero-order chi connectivity index (χ0) is 23.9. The molecule has 0 aliphatic heterocycles. The predicted molar refractivity (Wildman–Crippen MR) is 120 cm³/mol. The molecule has 3 N–H and O–H groups in total. The Morgan fingerprint density at radius 3 is 2.53 bits per heavy atom. The molecule has 1 aromatic carbocycles. The number of halogens is 4. The van der Waals surface area contributed by atoms with Crippen molar-refractivity contribution in [3.05, 3.63) is 75.0 Å². The zero-order valence-electron chi connectivity index (χ0n) is 17.8. The summed E-state index contributed by atoms with van der Waals surface area (Å²) in [6, 6.07) is 8.63. The molecule has 1 atom stereocenters. The van der Waals surface area contributed by atoms with E-state index in [9.17, 15) is 22.8 Å². The minimum Gasteiger partial charge on any atom is -0.364 e. The number of amides is 1. The maximum Gasteiger partial charge on any atom is 0.268 e. The maximum absolute atomic E-state index is 13.6. The summed E-state index contributed by atoms with van der Waals surface area (Å²) in [5.41, 5.74) is 5.53. The van der Waals surface area contributed by atoms with E-state index in [2.05, 4.69) is 9.97 Å². The second-order valence-electron chi connectivity index (χ2n) is 7.12. The van der Waals surface area contributed by atoms with Crippen molar-refractivity contribution in [3.63, 3.8) is 0 Å². The summed E-state index contributed by atoms with van der Waals surface area (Å²) in [7, 11) is 0. The second-order valence-corrected chi connectivity index (χ2v) is 7.56. The van der Waals surface area contributed by atoms with Gasteiger partial charge in [0.2, 0.25) is 5.92 Å². The van der Waals surface area contributed by atoms with Crippen LogP contribution in [0.4, 0.5) is 13.2 Å². The molecule has 1 saturated carbocycles. The zero-order valence-corrected chi connectivity index (χ0v) is 18.6. The smallest absolute Gasteiger partial charge is 0.268 e. The summed E-state index contributed by atoms with van der Waals surface area (Å²) < 4.78 is 39.2. The number of fused-ring (bicyclic) bond motifs is 1. The molecule has 0 saturated heterocycles. The summed E-state index contributed by atoms with van der Waals surface area (Å²) in [6.45, 7) is 4.00. The molecule has 3 aromatic rings. The van der Waals surface area contributed by atoms with E-state index in [-0.39, 0.29) is 29.7 Å². The second kappa shape index (κ2) is 11.1. The molecule has 9 heteroatoms. The van der Waals surface area contributed by atoms with Crippen LogP contribution in [0.1, 0.15) is 61.6 Å². The van der Waals surface area contributed by atoms with Gasteiger partial charge in [-0.3, -0.25) is 14.6 Å². The quantitative estimate of drug-likeness (QED) is 0.497. The number of benzene rings is 1. The van der Waals surface area contributed by atoms with Crippen LogP contribution in [0.2, 0.25) is 5.02 Å². The van der Waals surface area contributed by atoms with E-state index in [1.54, 1.807) is 12.1 Å². The van der Waals surface area contributed by atoms with Crippen LogP contribution in [-0.2, 0) is 0 Å². The molecular weight excluding hydrogens is 443 g/mol. The Balaban J connectivity index is 0.000000304. The van der Waals surface area contributed by atoms with Crippen LogP contribution in [0.3, 0.4) is 0 Å². The van der Waals surface area contributed by atoms with Gasteiger partial charge in [0.05, 0.1) is 10.9 Å². The SMILES string of the molecule is CC.Fc1cccc(Cl)c1.NC(=O)c1nccc2[nH]c([C@H]3CCCC(F)(F)C3)cc(=O)c12. The molecule has 172 valence electrons. The fraction of sp³-hybridized carbons (Fsp3) is 0.348. The molecule has 0 unspecified atom stereocenters. The Labute approximate surface area is 188 Å². The molecule has 4 rings (SSSR count). The highest BCUT2D eigenvalue weighted by molar-refractivity contribution is 6.30. The molecule has 1 aliphatic carbocycles. The van der Waals surface area contributed by atoms with E-state index in [0.29, 0.717) is 29.1 Å². The van der Waals surface area contributed by atoms with Gasteiger partial charge in [0.1, 0.15) is 11.5 Å². The fourth-order valence-corrected chi connectivity index (χ4v) is 3.70. The lowest BCUT2D eigenvalue weighted by atomic mass is 9.84. The number of hydrogen-bond acceptors (Lipinski definition) is 3. The number of nitrogens with zero attached hydrogens (tertiary/aromatic N) is 1. The molecular formula is C23H25ClF3N3O2. The van der Waals surface area contributed by atoms with E-state index >= 15 is 0 Å². The average molecular weight is 468 g/mol. The number of carbonyl (C=O) groups excluding carboxylic acids is 1. The van der Waals surface area contributed by atoms with Crippen molar-refractivity contribution in [1.82, 2.24) is 9.97 Å². The number of rotatable bonds is 2. The van der Waals surface area contributed by atoms with Gasteiger partial charge < -0.3 is 10.7 Å². The minimum atomic E-state index is -2.70. The third kappa shape index (κ3) is 6.56. The Kier molecular flexibility index (Phi) is 8.83. The Bertz CT molecular complexity index is 1120. The van der Waals surface area contributed by atoms with Crippen molar-refractivity contribution >= 4 is 28.4 Å². The van der Waals surface area contributed by atoms with Gasteiger partial charge in [0.25, 0.3) is 5.91 Å². The third-order valence-corrected chi connectivity index (χ3v) is 5.10. The summed E-state index contributed by atoms with van der Waals surface area (Å²) in [5.74, 6) is -4.19. The highest BCUT2D eigenvalue weighted by atomic mass is 35.5. The first kappa shape index (κ1) is 25.4. The Morgan fingerprint density at radius 1 is 1.25 bits per heavy atom. The molecule has 0 bridgehead atoms. The number of hydrogen-bond donors (Lipinski definition) is 2. The number of pyridine rings is 2. The Hall–Kier alpha value is -2.87. The van der Waals surface area contributed by atoms with Gasteiger partial charge in [-0.25, -0.2) is 13.2 Å². The van der Waals surface area contributed by atoms with Crippen molar-refractivity contribution in [2.75, 3.05) is 0 Å². The van der Waals surface area contributed by atoms with Crippen LogP contribution in [0.5, 0.6) is 0 Å². The summed E-state index contributed by atoms with van der Waals surface area (Å²) in [6.07, 6.45) is 1.99. The molecule has 1 amide bonds. The summed E-state index contributed by atoms with van der Waals surface area (Å²) in [5, 5.41) is 0.534. The lowest BCUT2D eigenvalue weighted by Crippen LogP contribution is -2.26. The average Bonchev–Trinajstić information content (AvgIpc) is 2.74. The minimum absolute atomic E-state index is 0.0984. The number of carbonyl (C=O) groups is 1. The van der Waals surface area contributed by atoms with Crippen molar-refractivity contribution in [2.24, 2.45) is 5.73 Å². The Morgan fingerprint density at radius 2 is 1.97 bits per heavy atom. The first-order chi connectivity index (χ1) is 15.2. The molecule has 32 heavy (non-hydrogen) atoms.